The van der Waals surface area contributed by atoms with E-state index in [4.69, 9.17) is 10.5 Å². The predicted molar refractivity (Wildman–Crippen MR) is 114 cm³/mol. The lowest BCUT2D eigenvalue weighted by atomic mass is 10.0. The van der Waals surface area contributed by atoms with Crippen LogP contribution in [0.5, 0.6) is 5.75 Å². The van der Waals surface area contributed by atoms with Gasteiger partial charge in [0.1, 0.15) is 5.75 Å². The van der Waals surface area contributed by atoms with Crippen LogP contribution in [0.3, 0.4) is 0 Å². The number of nitrogens with two attached hydrogens (primary N) is 1. The number of carbonyl (C=O) groups excluding carboxylic acids is 2. The van der Waals surface area contributed by atoms with Crippen molar-refractivity contribution in [2.24, 2.45) is 11.7 Å². The molecule has 6 nitrogen and oxygen atoms in total. The number of nitrogens with one attached hydrogen (secondary N) is 2. The molecule has 1 atom stereocenters. The highest BCUT2D eigenvalue weighted by Gasteiger charge is 2.17. The average Bonchev–Trinajstić information content (AvgIpc) is 2.66. The van der Waals surface area contributed by atoms with E-state index in [0.29, 0.717) is 12.1 Å². The third kappa shape index (κ3) is 6.87. The second-order valence-corrected chi connectivity index (χ2v) is 6.72. The minimum atomic E-state index is -0.628. The Bertz CT molecular complexity index is 782. The molecule has 0 unspecified atom stereocenters. The molecule has 0 radical (unpaired) electrons. The van der Waals surface area contributed by atoms with Gasteiger partial charge in [0.05, 0.1) is 19.7 Å². The maximum atomic E-state index is 12.1. The number of benzene rings is 2. The van der Waals surface area contributed by atoms with Gasteiger partial charge in [-0.3, -0.25) is 9.59 Å². The van der Waals surface area contributed by atoms with Crippen molar-refractivity contribution in [1.82, 2.24) is 5.32 Å². The molecule has 0 aliphatic carbocycles. The van der Waals surface area contributed by atoms with E-state index in [-0.39, 0.29) is 36.7 Å². The number of halogens is 1. The SMILES string of the molecule is COc1ccc(NC(=O)CNC(=O)[C@@H](N)C(C)C)cc1Cc1ccccc1.Cl. The van der Waals surface area contributed by atoms with Crippen LogP contribution >= 0.6 is 12.4 Å². The van der Waals surface area contributed by atoms with Gasteiger partial charge < -0.3 is 21.1 Å². The molecule has 0 aromatic heterocycles. The first-order valence-electron chi connectivity index (χ1n) is 8.94. The number of carbonyl (C=O) groups is 2. The van der Waals surface area contributed by atoms with Gasteiger partial charge in [-0.2, -0.15) is 0 Å². The van der Waals surface area contributed by atoms with Crippen molar-refractivity contribution in [2.45, 2.75) is 26.3 Å². The van der Waals surface area contributed by atoms with Crippen molar-refractivity contribution < 1.29 is 14.3 Å². The Morgan fingerprint density at radius 1 is 1.11 bits per heavy atom. The highest BCUT2D eigenvalue weighted by atomic mass is 35.5. The van der Waals surface area contributed by atoms with Gasteiger partial charge in [0.15, 0.2) is 0 Å². The molecule has 4 N–H and O–H groups in total. The molecule has 0 aliphatic rings. The Morgan fingerprint density at radius 3 is 2.39 bits per heavy atom. The van der Waals surface area contributed by atoms with Gasteiger partial charge >= 0.3 is 0 Å². The minimum absolute atomic E-state index is 0. The quantitative estimate of drug-likeness (QED) is 0.629. The fourth-order valence-electron chi connectivity index (χ4n) is 2.60. The molecule has 0 saturated carbocycles. The van der Waals surface area contributed by atoms with Gasteiger partial charge in [-0.05, 0) is 29.7 Å². The summed E-state index contributed by atoms with van der Waals surface area (Å²) in [6, 6.07) is 14.9. The standard InChI is InChI=1S/C21H27N3O3.ClH/c1-14(2)20(22)21(26)23-13-19(25)24-17-9-10-18(27-3)16(12-17)11-15-7-5-4-6-8-15;/h4-10,12,14,20H,11,13,22H2,1-3H3,(H,23,26)(H,24,25);1H/t20-;/m0./s1. The van der Waals surface area contributed by atoms with Gasteiger partial charge in [0, 0.05) is 17.7 Å². The normalized spacial score (nSPS) is 11.3. The van der Waals surface area contributed by atoms with E-state index in [2.05, 4.69) is 10.6 Å². The van der Waals surface area contributed by atoms with Crippen molar-refractivity contribution in [3.8, 4) is 5.75 Å². The van der Waals surface area contributed by atoms with Gasteiger partial charge in [-0.1, -0.05) is 44.2 Å². The van der Waals surface area contributed by atoms with E-state index < -0.39 is 6.04 Å². The number of hydrogen-bond donors (Lipinski definition) is 3. The molecule has 0 saturated heterocycles. The van der Waals surface area contributed by atoms with Gasteiger partial charge in [0.2, 0.25) is 11.8 Å². The van der Waals surface area contributed by atoms with E-state index >= 15 is 0 Å². The van der Waals surface area contributed by atoms with E-state index in [1.165, 1.54) is 0 Å². The number of rotatable bonds is 8. The molecular weight excluding hydrogens is 378 g/mol. The molecule has 2 aromatic carbocycles. The van der Waals surface area contributed by atoms with Crippen molar-refractivity contribution in [3.63, 3.8) is 0 Å². The van der Waals surface area contributed by atoms with E-state index in [1.807, 2.05) is 56.3 Å². The number of amides is 2. The van der Waals surface area contributed by atoms with Crippen LogP contribution in [0.4, 0.5) is 5.69 Å². The third-order valence-electron chi connectivity index (χ3n) is 4.25. The molecule has 7 heteroatoms. The summed E-state index contributed by atoms with van der Waals surface area (Å²) in [6.07, 6.45) is 0.688. The summed E-state index contributed by atoms with van der Waals surface area (Å²) in [7, 11) is 1.62. The molecule has 0 spiro atoms. The topological polar surface area (TPSA) is 93.5 Å². The molecule has 2 rings (SSSR count). The molecule has 0 aliphatic heterocycles. The Balaban J connectivity index is 0.00000392. The lowest BCUT2D eigenvalue weighted by Crippen LogP contribution is -2.46. The summed E-state index contributed by atoms with van der Waals surface area (Å²) in [6.45, 7) is 3.59. The monoisotopic (exact) mass is 405 g/mol. The zero-order chi connectivity index (χ0) is 19.8. The van der Waals surface area contributed by atoms with Crippen LogP contribution in [0, 0.1) is 5.92 Å². The van der Waals surface area contributed by atoms with Gasteiger partial charge in [-0.25, -0.2) is 0 Å². The Labute approximate surface area is 172 Å². The summed E-state index contributed by atoms with van der Waals surface area (Å²) in [5, 5.41) is 5.35. The first-order valence-corrected chi connectivity index (χ1v) is 8.94. The van der Waals surface area contributed by atoms with Crippen LogP contribution in [0.15, 0.2) is 48.5 Å². The highest BCUT2D eigenvalue weighted by Crippen LogP contribution is 2.25. The first kappa shape index (κ1) is 23.5. The number of methoxy groups -OCH3 is 1. The van der Waals surface area contributed by atoms with Crippen LogP contribution in [-0.4, -0.2) is 31.5 Å². The number of ether oxygens (including phenoxy) is 1. The first-order chi connectivity index (χ1) is 12.9. The van der Waals surface area contributed by atoms with Crippen molar-refractivity contribution in [1.29, 1.82) is 0 Å². The van der Waals surface area contributed by atoms with Crippen molar-refractivity contribution >= 4 is 29.9 Å². The molecule has 0 fully saturated rings. The summed E-state index contributed by atoms with van der Waals surface area (Å²) in [4.78, 5) is 24.0. The average molecular weight is 406 g/mol. The van der Waals surface area contributed by atoms with E-state index in [1.54, 1.807) is 13.2 Å². The van der Waals surface area contributed by atoms with Gasteiger partial charge in [0.25, 0.3) is 0 Å². The molecule has 2 aromatic rings. The van der Waals surface area contributed by atoms with E-state index in [0.717, 1.165) is 16.9 Å². The smallest absolute Gasteiger partial charge is 0.243 e. The zero-order valence-corrected chi connectivity index (χ0v) is 17.2. The summed E-state index contributed by atoms with van der Waals surface area (Å²) in [5.41, 5.74) is 8.53. The lowest BCUT2D eigenvalue weighted by molar-refractivity contribution is -0.125. The van der Waals surface area contributed by atoms with Crippen LogP contribution < -0.4 is 21.1 Å². The largest absolute Gasteiger partial charge is 0.496 e. The minimum Gasteiger partial charge on any atom is -0.496 e. The third-order valence-corrected chi connectivity index (χ3v) is 4.25. The summed E-state index contributed by atoms with van der Waals surface area (Å²) < 4.78 is 5.42. The van der Waals surface area contributed by atoms with Crippen molar-refractivity contribution in [2.75, 3.05) is 19.0 Å². The van der Waals surface area contributed by atoms with Gasteiger partial charge in [-0.15, -0.1) is 12.4 Å². The fourth-order valence-corrected chi connectivity index (χ4v) is 2.60. The molecule has 0 bridgehead atoms. The molecule has 0 heterocycles. The van der Waals surface area contributed by atoms with Crippen LogP contribution in [0.1, 0.15) is 25.0 Å². The predicted octanol–water partition coefficient (Wildman–Crippen LogP) is 2.75. The van der Waals surface area contributed by atoms with Crippen LogP contribution in [0.25, 0.3) is 0 Å². The molecule has 2 amide bonds. The summed E-state index contributed by atoms with van der Waals surface area (Å²) in [5.74, 6) is 0.123. The Hall–Kier alpha value is -2.57. The summed E-state index contributed by atoms with van der Waals surface area (Å²) >= 11 is 0. The zero-order valence-electron chi connectivity index (χ0n) is 16.4. The second-order valence-electron chi connectivity index (χ2n) is 6.72. The highest BCUT2D eigenvalue weighted by molar-refractivity contribution is 5.95. The van der Waals surface area contributed by atoms with Crippen LogP contribution in [-0.2, 0) is 16.0 Å². The van der Waals surface area contributed by atoms with E-state index in [9.17, 15) is 9.59 Å². The lowest BCUT2D eigenvalue weighted by Gasteiger charge is -2.15. The fraction of sp³-hybridized carbons (Fsp3) is 0.333. The Kier molecular flexibility index (Phi) is 9.48. The number of anilines is 1. The molecule has 152 valence electrons. The molecular formula is C21H28ClN3O3. The van der Waals surface area contributed by atoms with Crippen molar-refractivity contribution in [3.05, 3.63) is 59.7 Å². The molecule has 28 heavy (non-hydrogen) atoms. The second kappa shape index (κ2) is 11.3. The maximum Gasteiger partial charge on any atom is 0.243 e. The Morgan fingerprint density at radius 2 is 1.79 bits per heavy atom. The number of hydrogen-bond acceptors (Lipinski definition) is 4. The van der Waals surface area contributed by atoms with Crippen LogP contribution in [0.2, 0.25) is 0 Å². The maximum absolute atomic E-state index is 12.1.